The number of guanidine groups is 1. The molecular weight excluding hydrogens is 429 g/mol. The molecule has 3 rings (SSSR count). The smallest absolute Gasteiger partial charge is 0.191 e. The Bertz CT molecular complexity index is 481. The van der Waals surface area contributed by atoms with Crippen LogP contribution in [0.25, 0.3) is 0 Å². The van der Waals surface area contributed by atoms with E-state index in [0.717, 1.165) is 56.7 Å². The molecule has 25 heavy (non-hydrogen) atoms. The number of aliphatic imine (C=N–C) groups is 1. The van der Waals surface area contributed by atoms with Gasteiger partial charge in [0.1, 0.15) is 5.76 Å². The minimum atomic E-state index is 0. The van der Waals surface area contributed by atoms with E-state index in [2.05, 4.69) is 10.6 Å². The zero-order valence-electron chi connectivity index (χ0n) is 15.0. The summed E-state index contributed by atoms with van der Waals surface area (Å²) in [5.41, 5.74) is 0. The molecule has 2 aliphatic rings. The number of hydrogen-bond acceptors (Lipinski definition) is 3. The molecule has 1 aliphatic carbocycles. The standard InChI is InChI=1S/C19H31N3O2.HI/c1-2-6-16(7-3-1)14-21-19(22-15-18-9-5-13-24-18)20-11-10-17-8-4-12-23-17;/h4,8,12,16,18H,1-3,5-7,9-11,13-15H2,(H2,20,21,22);1H. The molecule has 0 spiro atoms. The van der Waals surface area contributed by atoms with Crippen LogP contribution < -0.4 is 10.6 Å². The van der Waals surface area contributed by atoms with Crippen molar-refractivity contribution < 1.29 is 9.15 Å². The first-order chi connectivity index (χ1) is 11.9. The van der Waals surface area contributed by atoms with E-state index in [-0.39, 0.29) is 24.0 Å². The van der Waals surface area contributed by atoms with Crippen molar-refractivity contribution in [1.29, 1.82) is 0 Å². The van der Waals surface area contributed by atoms with Gasteiger partial charge in [0, 0.05) is 32.7 Å². The average molecular weight is 461 g/mol. The average Bonchev–Trinajstić information content (AvgIpc) is 3.31. The fourth-order valence-corrected chi connectivity index (χ4v) is 3.54. The van der Waals surface area contributed by atoms with E-state index in [4.69, 9.17) is 14.1 Å². The van der Waals surface area contributed by atoms with Gasteiger partial charge in [0.05, 0.1) is 12.4 Å². The first kappa shape index (κ1) is 20.6. The summed E-state index contributed by atoms with van der Waals surface area (Å²) in [4.78, 5) is 4.84. The van der Waals surface area contributed by atoms with E-state index >= 15 is 0 Å². The number of hydrogen-bond donors (Lipinski definition) is 2. The molecule has 0 radical (unpaired) electrons. The van der Waals surface area contributed by atoms with E-state index in [1.165, 1.54) is 38.5 Å². The zero-order chi connectivity index (χ0) is 16.5. The van der Waals surface area contributed by atoms with Crippen LogP contribution >= 0.6 is 24.0 Å². The van der Waals surface area contributed by atoms with Gasteiger partial charge in [0.2, 0.25) is 0 Å². The molecule has 0 bridgehead atoms. The highest BCUT2D eigenvalue weighted by molar-refractivity contribution is 14.0. The summed E-state index contributed by atoms with van der Waals surface area (Å²) in [6, 6.07) is 3.95. The second-order valence-electron chi connectivity index (χ2n) is 6.97. The summed E-state index contributed by atoms with van der Waals surface area (Å²) < 4.78 is 11.1. The van der Waals surface area contributed by atoms with Crippen molar-refractivity contribution >= 4 is 29.9 Å². The predicted molar refractivity (Wildman–Crippen MR) is 112 cm³/mol. The Morgan fingerprint density at radius 1 is 1.12 bits per heavy atom. The number of nitrogens with one attached hydrogen (secondary N) is 2. The molecule has 1 aliphatic heterocycles. The maximum atomic E-state index is 5.70. The lowest BCUT2D eigenvalue weighted by Gasteiger charge is -2.21. The van der Waals surface area contributed by atoms with Gasteiger partial charge in [-0.05, 0) is 43.7 Å². The molecule has 1 aromatic rings. The summed E-state index contributed by atoms with van der Waals surface area (Å²) in [6.45, 7) is 3.50. The van der Waals surface area contributed by atoms with Gasteiger partial charge in [-0.2, -0.15) is 0 Å². The van der Waals surface area contributed by atoms with E-state index in [0.29, 0.717) is 6.10 Å². The van der Waals surface area contributed by atoms with Crippen molar-refractivity contribution in [2.75, 3.05) is 26.2 Å². The molecule has 1 saturated carbocycles. The number of halogens is 1. The SMILES string of the molecule is I.c1coc(CCNC(=NCC2CCCCC2)NCC2CCCO2)c1. The Morgan fingerprint density at radius 3 is 2.72 bits per heavy atom. The van der Waals surface area contributed by atoms with Crippen LogP contribution in [0.4, 0.5) is 0 Å². The molecule has 2 fully saturated rings. The highest BCUT2D eigenvalue weighted by Gasteiger charge is 2.16. The van der Waals surface area contributed by atoms with Crippen LogP contribution in [0.15, 0.2) is 27.8 Å². The molecule has 0 aromatic carbocycles. The summed E-state index contributed by atoms with van der Waals surface area (Å²) in [5.74, 6) is 2.68. The lowest BCUT2D eigenvalue weighted by molar-refractivity contribution is 0.113. The van der Waals surface area contributed by atoms with Crippen LogP contribution in [0.2, 0.25) is 0 Å². The maximum Gasteiger partial charge on any atom is 0.191 e. The van der Waals surface area contributed by atoms with Crippen LogP contribution in [-0.2, 0) is 11.2 Å². The topological polar surface area (TPSA) is 58.8 Å². The third kappa shape index (κ3) is 7.56. The number of ether oxygens (including phenoxy) is 1. The molecular formula is C19H32IN3O2. The normalized spacial score (nSPS) is 21.8. The van der Waals surface area contributed by atoms with Gasteiger partial charge in [0.25, 0.3) is 0 Å². The molecule has 1 saturated heterocycles. The summed E-state index contributed by atoms with van der Waals surface area (Å²) in [6.07, 6.45) is 12.0. The fourth-order valence-electron chi connectivity index (χ4n) is 3.54. The Hall–Kier alpha value is -0.760. The first-order valence-corrected chi connectivity index (χ1v) is 9.56. The Balaban J connectivity index is 0.00000225. The molecule has 1 atom stereocenters. The van der Waals surface area contributed by atoms with Gasteiger partial charge in [0.15, 0.2) is 5.96 Å². The highest BCUT2D eigenvalue weighted by Crippen LogP contribution is 2.23. The van der Waals surface area contributed by atoms with E-state index in [1.54, 1.807) is 6.26 Å². The molecule has 2 heterocycles. The van der Waals surface area contributed by atoms with Crippen LogP contribution in [0.5, 0.6) is 0 Å². The summed E-state index contributed by atoms with van der Waals surface area (Å²) in [5, 5.41) is 6.91. The van der Waals surface area contributed by atoms with Crippen LogP contribution in [0, 0.1) is 5.92 Å². The van der Waals surface area contributed by atoms with Crippen LogP contribution in [0.1, 0.15) is 50.7 Å². The maximum absolute atomic E-state index is 5.70. The van der Waals surface area contributed by atoms with Crippen molar-refractivity contribution in [1.82, 2.24) is 10.6 Å². The van der Waals surface area contributed by atoms with Gasteiger partial charge < -0.3 is 19.8 Å². The highest BCUT2D eigenvalue weighted by atomic mass is 127. The van der Waals surface area contributed by atoms with E-state index in [1.807, 2.05) is 12.1 Å². The quantitative estimate of drug-likeness (QED) is 0.369. The summed E-state index contributed by atoms with van der Waals surface area (Å²) in [7, 11) is 0. The van der Waals surface area contributed by atoms with Crippen molar-refractivity contribution in [3.63, 3.8) is 0 Å². The molecule has 1 aromatic heterocycles. The second kappa shape index (κ2) is 11.8. The number of furan rings is 1. The third-order valence-electron chi connectivity index (χ3n) is 5.00. The van der Waals surface area contributed by atoms with Gasteiger partial charge >= 0.3 is 0 Å². The molecule has 5 nitrogen and oxygen atoms in total. The largest absolute Gasteiger partial charge is 0.469 e. The minimum absolute atomic E-state index is 0. The Kier molecular flexibility index (Phi) is 9.68. The second-order valence-corrected chi connectivity index (χ2v) is 6.97. The lowest BCUT2D eigenvalue weighted by atomic mass is 9.89. The van der Waals surface area contributed by atoms with E-state index in [9.17, 15) is 0 Å². The monoisotopic (exact) mass is 461 g/mol. The lowest BCUT2D eigenvalue weighted by Crippen LogP contribution is -2.42. The first-order valence-electron chi connectivity index (χ1n) is 9.56. The minimum Gasteiger partial charge on any atom is -0.469 e. The van der Waals surface area contributed by atoms with Gasteiger partial charge in [-0.1, -0.05) is 19.3 Å². The Labute approximate surface area is 168 Å². The molecule has 6 heteroatoms. The van der Waals surface area contributed by atoms with Gasteiger partial charge in [-0.25, -0.2) is 0 Å². The van der Waals surface area contributed by atoms with Crippen molar-refractivity contribution in [2.45, 2.75) is 57.5 Å². The van der Waals surface area contributed by atoms with Crippen molar-refractivity contribution in [2.24, 2.45) is 10.9 Å². The van der Waals surface area contributed by atoms with Crippen LogP contribution in [-0.4, -0.2) is 38.3 Å². The summed E-state index contributed by atoms with van der Waals surface area (Å²) >= 11 is 0. The van der Waals surface area contributed by atoms with Gasteiger partial charge in [-0.15, -0.1) is 24.0 Å². The molecule has 142 valence electrons. The molecule has 1 unspecified atom stereocenters. The Morgan fingerprint density at radius 2 is 2.00 bits per heavy atom. The predicted octanol–water partition coefficient (Wildman–Crippen LogP) is 3.73. The van der Waals surface area contributed by atoms with Crippen LogP contribution in [0.3, 0.4) is 0 Å². The zero-order valence-corrected chi connectivity index (χ0v) is 17.4. The van der Waals surface area contributed by atoms with E-state index < -0.39 is 0 Å². The van der Waals surface area contributed by atoms with Crippen molar-refractivity contribution in [3.05, 3.63) is 24.2 Å². The van der Waals surface area contributed by atoms with Crippen molar-refractivity contribution in [3.8, 4) is 0 Å². The van der Waals surface area contributed by atoms with Gasteiger partial charge in [-0.3, -0.25) is 4.99 Å². The molecule has 2 N–H and O–H groups in total. The fraction of sp³-hybridized carbons (Fsp3) is 0.737. The third-order valence-corrected chi connectivity index (χ3v) is 5.00. The molecule has 0 amide bonds. The number of nitrogens with zero attached hydrogens (tertiary/aromatic N) is 1. The number of rotatable bonds is 7.